The van der Waals surface area contributed by atoms with Crippen molar-refractivity contribution >= 4 is 11.9 Å². The number of rotatable bonds is 6. The molecular weight excluding hydrogens is 322 g/mol. The maximum absolute atomic E-state index is 12.0. The lowest BCUT2D eigenvalue weighted by molar-refractivity contribution is -0.118. The molecule has 0 saturated carbocycles. The quantitative estimate of drug-likeness (QED) is 0.743. The zero-order valence-corrected chi connectivity index (χ0v) is 13.9. The summed E-state index contributed by atoms with van der Waals surface area (Å²) in [4.78, 5) is 16.1. The van der Waals surface area contributed by atoms with Crippen LogP contribution in [0.5, 0.6) is 11.5 Å². The Kier molecular flexibility index (Phi) is 4.94. The van der Waals surface area contributed by atoms with E-state index >= 15 is 0 Å². The van der Waals surface area contributed by atoms with Gasteiger partial charge in [-0.15, -0.1) is 0 Å². The number of amides is 1. The number of aryl methyl sites for hydroxylation is 1. The van der Waals surface area contributed by atoms with E-state index in [1.807, 2.05) is 37.3 Å². The van der Waals surface area contributed by atoms with Gasteiger partial charge in [-0.1, -0.05) is 29.8 Å². The van der Waals surface area contributed by atoms with E-state index in [2.05, 4.69) is 15.5 Å². The SMILES string of the molecule is COc1ccccc1OCC(=O)Nc1noc(-c2cccc(C)c2)n1. The monoisotopic (exact) mass is 339 g/mol. The largest absolute Gasteiger partial charge is 0.493 e. The number of hydrogen-bond donors (Lipinski definition) is 1. The van der Waals surface area contributed by atoms with E-state index in [4.69, 9.17) is 14.0 Å². The van der Waals surface area contributed by atoms with Crippen LogP contribution in [0.1, 0.15) is 5.56 Å². The van der Waals surface area contributed by atoms with E-state index in [9.17, 15) is 4.79 Å². The Balaban J connectivity index is 1.60. The number of nitrogens with zero attached hydrogens (tertiary/aromatic N) is 2. The molecule has 0 aliphatic carbocycles. The molecule has 0 spiro atoms. The number of ether oxygens (including phenoxy) is 2. The number of carbonyl (C=O) groups excluding carboxylic acids is 1. The minimum Gasteiger partial charge on any atom is -0.493 e. The van der Waals surface area contributed by atoms with Crippen LogP contribution in [0.25, 0.3) is 11.5 Å². The lowest BCUT2D eigenvalue weighted by Gasteiger charge is -2.09. The molecule has 0 unspecified atom stereocenters. The van der Waals surface area contributed by atoms with Crippen LogP contribution in [0, 0.1) is 6.92 Å². The minimum absolute atomic E-state index is 0.0881. The number of nitrogens with one attached hydrogen (secondary N) is 1. The summed E-state index contributed by atoms with van der Waals surface area (Å²) in [5, 5.41) is 6.29. The van der Waals surface area contributed by atoms with Crippen LogP contribution < -0.4 is 14.8 Å². The third-order valence-corrected chi connectivity index (χ3v) is 3.37. The Hall–Kier alpha value is -3.35. The van der Waals surface area contributed by atoms with Crippen molar-refractivity contribution in [2.45, 2.75) is 6.92 Å². The standard InChI is InChI=1S/C18H17N3O4/c1-12-6-5-7-13(10-12)17-20-18(21-25-17)19-16(22)11-24-15-9-4-3-8-14(15)23-2/h3-10H,11H2,1-2H3,(H,19,21,22). The highest BCUT2D eigenvalue weighted by Crippen LogP contribution is 2.25. The Morgan fingerprint density at radius 1 is 1.16 bits per heavy atom. The fourth-order valence-corrected chi connectivity index (χ4v) is 2.21. The number of anilines is 1. The summed E-state index contributed by atoms with van der Waals surface area (Å²) in [7, 11) is 1.54. The summed E-state index contributed by atoms with van der Waals surface area (Å²) in [5.74, 6) is 1.06. The van der Waals surface area contributed by atoms with Crippen LogP contribution in [0.3, 0.4) is 0 Å². The number of hydrogen-bond acceptors (Lipinski definition) is 6. The van der Waals surface area contributed by atoms with Gasteiger partial charge in [-0.25, -0.2) is 0 Å². The fourth-order valence-electron chi connectivity index (χ4n) is 2.21. The van der Waals surface area contributed by atoms with E-state index in [1.54, 1.807) is 18.2 Å². The van der Waals surface area contributed by atoms with Gasteiger partial charge in [-0.3, -0.25) is 10.1 Å². The minimum atomic E-state index is -0.400. The lowest BCUT2D eigenvalue weighted by atomic mass is 10.1. The summed E-state index contributed by atoms with van der Waals surface area (Å²) in [6, 6.07) is 14.7. The van der Waals surface area contributed by atoms with Crippen LogP contribution in [-0.2, 0) is 4.79 Å². The van der Waals surface area contributed by atoms with Gasteiger partial charge in [0.2, 0.25) is 0 Å². The molecule has 3 aromatic rings. The molecular formula is C18H17N3O4. The van der Waals surface area contributed by atoms with Crippen LogP contribution in [-0.4, -0.2) is 29.8 Å². The first-order valence-corrected chi connectivity index (χ1v) is 7.62. The van der Waals surface area contributed by atoms with Gasteiger partial charge >= 0.3 is 0 Å². The highest BCUT2D eigenvalue weighted by atomic mass is 16.5. The third kappa shape index (κ3) is 4.14. The van der Waals surface area contributed by atoms with Gasteiger partial charge in [0.25, 0.3) is 17.7 Å². The maximum Gasteiger partial charge on any atom is 0.270 e. The number of para-hydroxylation sites is 2. The molecule has 0 aliphatic heterocycles. The molecule has 1 amide bonds. The lowest BCUT2D eigenvalue weighted by Crippen LogP contribution is -2.21. The van der Waals surface area contributed by atoms with Crippen molar-refractivity contribution in [3.8, 4) is 23.0 Å². The van der Waals surface area contributed by atoms with Crippen LogP contribution >= 0.6 is 0 Å². The second kappa shape index (κ2) is 7.48. The van der Waals surface area contributed by atoms with E-state index in [-0.39, 0.29) is 12.6 Å². The molecule has 2 aromatic carbocycles. The molecule has 0 radical (unpaired) electrons. The third-order valence-electron chi connectivity index (χ3n) is 3.37. The van der Waals surface area contributed by atoms with Gasteiger partial charge in [-0.05, 0) is 36.3 Å². The predicted octanol–water partition coefficient (Wildman–Crippen LogP) is 3.07. The second-order valence-electron chi connectivity index (χ2n) is 5.28. The van der Waals surface area contributed by atoms with E-state index < -0.39 is 5.91 Å². The van der Waals surface area contributed by atoms with Gasteiger partial charge in [0.15, 0.2) is 18.1 Å². The average molecular weight is 339 g/mol. The van der Waals surface area contributed by atoms with E-state index in [0.29, 0.717) is 17.4 Å². The Morgan fingerprint density at radius 2 is 1.96 bits per heavy atom. The normalized spacial score (nSPS) is 10.3. The van der Waals surface area contributed by atoms with Crippen molar-refractivity contribution in [2.24, 2.45) is 0 Å². The summed E-state index contributed by atoms with van der Waals surface area (Å²) < 4.78 is 15.8. The van der Waals surface area contributed by atoms with Gasteiger partial charge in [-0.2, -0.15) is 4.98 Å². The highest BCUT2D eigenvalue weighted by molar-refractivity contribution is 5.90. The Bertz CT molecular complexity index is 876. The summed E-state index contributed by atoms with van der Waals surface area (Å²) in [6.07, 6.45) is 0. The van der Waals surface area contributed by atoms with Crippen molar-refractivity contribution in [1.29, 1.82) is 0 Å². The van der Waals surface area contributed by atoms with Gasteiger partial charge in [0.1, 0.15) is 0 Å². The zero-order valence-electron chi connectivity index (χ0n) is 13.9. The van der Waals surface area contributed by atoms with Crippen molar-refractivity contribution in [3.05, 3.63) is 54.1 Å². The van der Waals surface area contributed by atoms with Crippen molar-refractivity contribution in [2.75, 3.05) is 19.0 Å². The number of carbonyl (C=O) groups is 1. The van der Waals surface area contributed by atoms with Gasteiger partial charge in [0, 0.05) is 5.56 Å². The average Bonchev–Trinajstić information content (AvgIpc) is 3.08. The first kappa shape index (κ1) is 16.5. The summed E-state index contributed by atoms with van der Waals surface area (Å²) in [6.45, 7) is 1.77. The highest BCUT2D eigenvalue weighted by Gasteiger charge is 2.12. The Morgan fingerprint density at radius 3 is 2.72 bits per heavy atom. The molecule has 1 aromatic heterocycles. The molecule has 3 rings (SSSR count). The molecule has 7 nitrogen and oxygen atoms in total. The van der Waals surface area contributed by atoms with E-state index in [1.165, 1.54) is 7.11 Å². The van der Waals surface area contributed by atoms with E-state index in [0.717, 1.165) is 11.1 Å². The molecule has 0 saturated heterocycles. The van der Waals surface area contributed by atoms with Crippen LogP contribution in [0.4, 0.5) is 5.95 Å². The smallest absolute Gasteiger partial charge is 0.270 e. The van der Waals surface area contributed by atoms with Gasteiger partial charge < -0.3 is 14.0 Å². The van der Waals surface area contributed by atoms with Crippen LogP contribution in [0.2, 0.25) is 0 Å². The van der Waals surface area contributed by atoms with Crippen molar-refractivity contribution in [3.63, 3.8) is 0 Å². The number of aromatic nitrogens is 2. The number of methoxy groups -OCH3 is 1. The predicted molar refractivity (Wildman–Crippen MR) is 91.6 cm³/mol. The maximum atomic E-state index is 12.0. The molecule has 128 valence electrons. The van der Waals surface area contributed by atoms with Crippen molar-refractivity contribution < 1.29 is 18.8 Å². The zero-order chi connectivity index (χ0) is 17.6. The topological polar surface area (TPSA) is 86.5 Å². The molecule has 0 bridgehead atoms. The summed E-state index contributed by atoms with van der Waals surface area (Å²) in [5.41, 5.74) is 1.87. The molecule has 0 atom stereocenters. The first-order valence-electron chi connectivity index (χ1n) is 7.62. The summed E-state index contributed by atoms with van der Waals surface area (Å²) >= 11 is 0. The van der Waals surface area contributed by atoms with Crippen molar-refractivity contribution in [1.82, 2.24) is 10.1 Å². The molecule has 0 fully saturated rings. The van der Waals surface area contributed by atoms with Crippen LogP contribution in [0.15, 0.2) is 53.1 Å². The Labute approximate surface area is 144 Å². The van der Waals surface area contributed by atoms with Gasteiger partial charge in [0.05, 0.1) is 7.11 Å². The fraction of sp³-hybridized carbons (Fsp3) is 0.167. The number of benzene rings is 2. The molecule has 1 heterocycles. The molecule has 7 heteroatoms. The molecule has 0 aliphatic rings. The molecule has 25 heavy (non-hydrogen) atoms. The first-order chi connectivity index (χ1) is 12.2. The molecule has 1 N–H and O–H groups in total. The second-order valence-corrected chi connectivity index (χ2v) is 5.28.